The highest BCUT2D eigenvalue weighted by Crippen LogP contribution is 2.35. The SMILES string of the molecule is COc1cc(C=Cc2c(CCCO)ccc(O)c2OC)ccc1O. The average Bonchev–Trinajstić information content (AvgIpc) is 2.60. The van der Waals surface area contributed by atoms with Crippen molar-refractivity contribution in [2.45, 2.75) is 12.8 Å². The molecule has 24 heavy (non-hydrogen) atoms. The quantitative estimate of drug-likeness (QED) is 0.679. The van der Waals surface area contributed by atoms with Gasteiger partial charge in [0, 0.05) is 12.2 Å². The molecule has 2 rings (SSSR count). The predicted molar refractivity (Wildman–Crippen MR) is 93.7 cm³/mol. The smallest absolute Gasteiger partial charge is 0.167 e. The van der Waals surface area contributed by atoms with Crippen LogP contribution in [0.1, 0.15) is 23.1 Å². The maximum Gasteiger partial charge on any atom is 0.167 e. The van der Waals surface area contributed by atoms with E-state index in [1.807, 2.05) is 18.2 Å². The number of phenolic OH excluding ortho intramolecular Hbond substituents is 2. The molecule has 0 saturated carbocycles. The molecule has 0 aliphatic rings. The Labute approximate surface area is 141 Å². The van der Waals surface area contributed by atoms with Crippen LogP contribution in [0.2, 0.25) is 0 Å². The molecule has 0 heterocycles. The molecule has 0 atom stereocenters. The highest BCUT2D eigenvalue weighted by molar-refractivity contribution is 5.76. The number of aliphatic hydroxyl groups excluding tert-OH is 1. The Morgan fingerprint density at radius 2 is 1.71 bits per heavy atom. The fourth-order valence-corrected chi connectivity index (χ4v) is 2.49. The largest absolute Gasteiger partial charge is 0.504 e. The lowest BCUT2D eigenvalue weighted by Gasteiger charge is -2.12. The molecule has 0 aliphatic heterocycles. The summed E-state index contributed by atoms with van der Waals surface area (Å²) >= 11 is 0. The van der Waals surface area contributed by atoms with E-state index in [9.17, 15) is 10.2 Å². The zero-order valence-corrected chi connectivity index (χ0v) is 13.8. The van der Waals surface area contributed by atoms with Crippen LogP contribution in [0.25, 0.3) is 12.2 Å². The van der Waals surface area contributed by atoms with E-state index in [1.54, 1.807) is 24.3 Å². The monoisotopic (exact) mass is 330 g/mol. The number of aryl methyl sites for hydroxylation is 1. The summed E-state index contributed by atoms with van der Waals surface area (Å²) in [6.07, 6.45) is 4.99. The molecule has 3 N–H and O–H groups in total. The van der Waals surface area contributed by atoms with Crippen LogP contribution in [0.4, 0.5) is 0 Å². The number of rotatable bonds is 7. The summed E-state index contributed by atoms with van der Waals surface area (Å²) in [5.74, 6) is 0.925. The van der Waals surface area contributed by atoms with Crippen LogP contribution in [0.5, 0.6) is 23.0 Å². The third-order valence-corrected chi connectivity index (χ3v) is 3.72. The molecule has 0 spiro atoms. The zero-order valence-electron chi connectivity index (χ0n) is 13.8. The van der Waals surface area contributed by atoms with Gasteiger partial charge < -0.3 is 24.8 Å². The first-order valence-electron chi connectivity index (χ1n) is 7.65. The van der Waals surface area contributed by atoms with Gasteiger partial charge in [-0.25, -0.2) is 0 Å². The van der Waals surface area contributed by atoms with Gasteiger partial charge in [-0.2, -0.15) is 0 Å². The molecule has 5 nitrogen and oxygen atoms in total. The summed E-state index contributed by atoms with van der Waals surface area (Å²) in [5, 5.41) is 28.7. The average molecular weight is 330 g/mol. The summed E-state index contributed by atoms with van der Waals surface area (Å²) in [6.45, 7) is 0.0987. The van der Waals surface area contributed by atoms with Gasteiger partial charge in [0.1, 0.15) is 0 Å². The molecule has 0 aromatic heterocycles. The summed E-state index contributed by atoms with van der Waals surface area (Å²) in [4.78, 5) is 0. The molecule has 0 amide bonds. The van der Waals surface area contributed by atoms with Crippen molar-refractivity contribution in [3.63, 3.8) is 0 Å². The zero-order chi connectivity index (χ0) is 17.5. The number of ether oxygens (including phenoxy) is 2. The predicted octanol–water partition coefficient (Wildman–Crippen LogP) is 3.21. The topological polar surface area (TPSA) is 79.2 Å². The van der Waals surface area contributed by atoms with Crippen LogP contribution in [0.3, 0.4) is 0 Å². The maximum absolute atomic E-state index is 10.00. The summed E-state index contributed by atoms with van der Waals surface area (Å²) in [6, 6.07) is 8.45. The highest BCUT2D eigenvalue weighted by Gasteiger charge is 2.11. The third kappa shape index (κ3) is 4.00. The molecule has 0 aliphatic carbocycles. The molecule has 0 fully saturated rings. The van der Waals surface area contributed by atoms with Crippen LogP contribution >= 0.6 is 0 Å². The summed E-state index contributed by atoms with van der Waals surface area (Å²) in [5.41, 5.74) is 2.57. The van der Waals surface area contributed by atoms with Gasteiger partial charge in [-0.1, -0.05) is 24.3 Å². The molecule has 0 bridgehead atoms. The van der Waals surface area contributed by atoms with Crippen molar-refractivity contribution in [3.8, 4) is 23.0 Å². The van der Waals surface area contributed by atoms with Crippen LogP contribution in [-0.4, -0.2) is 36.1 Å². The Bertz CT molecular complexity index is 722. The first-order chi connectivity index (χ1) is 11.6. The van der Waals surface area contributed by atoms with Crippen molar-refractivity contribution in [3.05, 3.63) is 47.0 Å². The van der Waals surface area contributed by atoms with Gasteiger partial charge in [-0.3, -0.25) is 0 Å². The molecule has 5 heteroatoms. The van der Waals surface area contributed by atoms with E-state index in [0.717, 1.165) is 16.7 Å². The maximum atomic E-state index is 10.00. The van der Waals surface area contributed by atoms with Crippen molar-refractivity contribution in [2.75, 3.05) is 20.8 Å². The molecule has 2 aromatic carbocycles. The standard InChI is InChI=1S/C19H22O5/c1-23-18-12-13(6-9-16(18)21)5-8-15-14(4-3-11-20)7-10-17(22)19(15)24-2/h5-10,12,20-22H,3-4,11H2,1-2H3. The molecule has 0 saturated heterocycles. The molecule has 128 valence electrons. The number of methoxy groups -OCH3 is 2. The number of benzene rings is 2. The van der Waals surface area contributed by atoms with Crippen LogP contribution < -0.4 is 9.47 Å². The number of aliphatic hydroxyl groups is 1. The van der Waals surface area contributed by atoms with Crippen LogP contribution in [0, 0.1) is 0 Å². The van der Waals surface area contributed by atoms with Gasteiger partial charge in [-0.05, 0) is 42.2 Å². The number of phenols is 2. The Hall–Kier alpha value is -2.66. The van der Waals surface area contributed by atoms with E-state index in [2.05, 4.69) is 0 Å². The Kier molecular flexibility index (Phi) is 6.09. The van der Waals surface area contributed by atoms with Gasteiger partial charge in [-0.15, -0.1) is 0 Å². The minimum Gasteiger partial charge on any atom is -0.504 e. The van der Waals surface area contributed by atoms with Crippen molar-refractivity contribution in [1.29, 1.82) is 0 Å². The van der Waals surface area contributed by atoms with E-state index >= 15 is 0 Å². The van der Waals surface area contributed by atoms with E-state index in [4.69, 9.17) is 14.6 Å². The van der Waals surface area contributed by atoms with Gasteiger partial charge in [0.15, 0.2) is 23.0 Å². The van der Waals surface area contributed by atoms with Gasteiger partial charge in [0.2, 0.25) is 0 Å². The Balaban J connectivity index is 2.41. The van der Waals surface area contributed by atoms with E-state index in [0.29, 0.717) is 24.3 Å². The second-order valence-electron chi connectivity index (χ2n) is 5.28. The summed E-state index contributed by atoms with van der Waals surface area (Å²) < 4.78 is 10.4. The van der Waals surface area contributed by atoms with E-state index < -0.39 is 0 Å². The first kappa shape index (κ1) is 17.7. The fraction of sp³-hybridized carbons (Fsp3) is 0.263. The van der Waals surface area contributed by atoms with Gasteiger partial charge in [0.25, 0.3) is 0 Å². The minimum absolute atomic E-state index is 0.0631. The minimum atomic E-state index is 0.0631. The molecule has 2 aromatic rings. The Morgan fingerprint density at radius 3 is 2.38 bits per heavy atom. The second kappa shape index (κ2) is 8.26. The molecule has 0 radical (unpaired) electrons. The molecule has 0 unspecified atom stereocenters. The van der Waals surface area contributed by atoms with Crippen molar-refractivity contribution in [2.24, 2.45) is 0 Å². The van der Waals surface area contributed by atoms with Crippen LogP contribution in [-0.2, 0) is 6.42 Å². The van der Waals surface area contributed by atoms with Gasteiger partial charge in [0.05, 0.1) is 14.2 Å². The summed E-state index contributed by atoms with van der Waals surface area (Å²) in [7, 11) is 3.00. The van der Waals surface area contributed by atoms with Crippen molar-refractivity contribution >= 4 is 12.2 Å². The van der Waals surface area contributed by atoms with E-state index in [-0.39, 0.29) is 18.1 Å². The fourth-order valence-electron chi connectivity index (χ4n) is 2.49. The molecular weight excluding hydrogens is 308 g/mol. The Morgan fingerprint density at radius 1 is 0.958 bits per heavy atom. The lowest BCUT2D eigenvalue weighted by atomic mass is 10.00. The lowest BCUT2D eigenvalue weighted by Crippen LogP contribution is -1.96. The highest BCUT2D eigenvalue weighted by atomic mass is 16.5. The van der Waals surface area contributed by atoms with Gasteiger partial charge >= 0.3 is 0 Å². The second-order valence-corrected chi connectivity index (χ2v) is 5.28. The van der Waals surface area contributed by atoms with Crippen LogP contribution in [0.15, 0.2) is 30.3 Å². The number of aromatic hydroxyl groups is 2. The normalized spacial score (nSPS) is 11.0. The van der Waals surface area contributed by atoms with Crippen molar-refractivity contribution in [1.82, 2.24) is 0 Å². The number of hydrogen-bond acceptors (Lipinski definition) is 5. The first-order valence-corrected chi connectivity index (χ1v) is 7.65. The number of hydrogen-bond donors (Lipinski definition) is 3. The third-order valence-electron chi connectivity index (χ3n) is 3.72. The lowest BCUT2D eigenvalue weighted by molar-refractivity contribution is 0.288. The van der Waals surface area contributed by atoms with Crippen molar-refractivity contribution < 1.29 is 24.8 Å². The molecular formula is C19H22O5. The van der Waals surface area contributed by atoms with E-state index in [1.165, 1.54) is 14.2 Å².